The summed E-state index contributed by atoms with van der Waals surface area (Å²) >= 11 is 5.76. The average Bonchev–Trinajstić information content (AvgIpc) is 2.24. The predicted molar refractivity (Wildman–Crippen MR) is 59.1 cm³/mol. The molecule has 1 rings (SSSR count). The summed E-state index contributed by atoms with van der Waals surface area (Å²) in [7, 11) is 0. The van der Waals surface area contributed by atoms with Crippen molar-refractivity contribution in [3.8, 4) is 0 Å². The smallest absolute Gasteiger partial charge is 0.330 e. The first-order chi connectivity index (χ1) is 7.85. The lowest BCUT2D eigenvalue weighted by atomic mass is 10.2. The average molecular weight is 266 g/mol. The summed E-state index contributed by atoms with van der Waals surface area (Å²) in [6, 6.07) is 6.04. The molecule has 0 spiro atoms. The van der Waals surface area contributed by atoms with E-state index in [1.54, 1.807) is 12.1 Å². The molecule has 0 N–H and O–H groups in total. The highest BCUT2D eigenvalue weighted by Gasteiger charge is 2.32. The highest BCUT2D eigenvalue weighted by Crippen LogP contribution is 2.21. The number of nitrogens with zero attached hydrogens (tertiary/aromatic N) is 1. The Morgan fingerprint density at radius 1 is 1.35 bits per heavy atom. The van der Waals surface area contributed by atoms with Gasteiger partial charge in [-0.3, -0.25) is 4.79 Å². The van der Waals surface area contributed by atoms with Crippen molar-refractivity contribution < 1.29 is 18.0 Å². The Morgan fingerprint density at radius 2 is 1.94 bits per heavy atom. The van der Waals surface area contributed by atoms with E-state index >= 15 is 0 Å². The van der Waals surface area contributed by atoms with Crippen LogP contribution in [0.2, 0.25) is 5.02 Å². The van der Waals surface area contributed by atoms with Gasteiger partial charge in [0, 0.05) is 6.54 Å². The van der Waals surface area contributed by atoms with Gasteiger partial charge in [0.05, 0.1) is 10.6 Å². The van der Waals surface area contributed by atoms with E-state index in [1.165, 1.54) is 19.1 Å². The van der Waals surface area contributed by atoms with Crippen molar-refractivity contribution in [1.29, 1.82) is 0 Å². The molecule has 0 fully saturated rings. The molecule has 0 saturated carbocycles. The van der Waals surface area contributed by atoms with Gasteiger partial charge in [0.15, 0.2) is 0 Å². The SMILES string of the molecule is CCN(CC(F)(F)F)C(=O)c1ccccc1Cl. The van der Waals surface area contributed by atoms with E-state index in [1.807, 2.05) is 0 Å². The Kier molecular flexibility index (Phi) is 4.40. The van der Waals surface area contributed by atoms with Gasteiger partial charge < -0.3 is 4.90 Å². The quantitative estimate of drug-likeness (QED) is 0.821. The van der Waals surface area contributed by atoms with Crippen molar-refractivity contribution in [3.05, 3.63) is 34.9 Å². The predicted octanol–water partition coefficient (Wildman–Crippen LogP) is 3.36. The van der Waals surface area contributed by atoms with Crippen molar-refractivity contribution in [2.75, 3.05) is 13.1 Å². The second-order valence-corrected chi connectivity index (χ2v) is 3.82. The highest BCUT2D eigenvalue weighted by molar-refractivity contribution is 6.33. The van der Waals surface area contributed by atoms with Gasteiger partial charge in [0.25, 0.3) is 5.91 Å². The van der Waals surface area contributed by atoms with E-state index in [-0.39, 0.29) is 17.1 Å². The largest absolute Gasteiger partial charge is 0.406 e. The van der Waals surface area contributed by atoms with Crippen molar-refractivity contribution in [1.82, 2.24) is 4.90 Å². The zero-order chi connectivity index (χ0) is 13.1. The molecule has 1 amide bonds. The third-order valence-electron chi connectivity index (χ3n) is 2.14. The highest BCUT2D eigenvalue weighted by atomic mass is 35.5. The summed E-state index contributed by atoms with van der Waals surface area (Å²) in [4.78, 5) is 12.5. The molecule has 0 unspecified atom stereocenters. The molecule has 1 aromatic carbocycles. The fourth-order valence-electron chi connectivity index (χ4n) is 1.35. The normalized spacial score (nSPS) is 11.4. The summed E-state index contributed by atoms with van der Waals surface area (Å²) in [6.07, 6.45) is -4.41. The van der Waals surface area contributed by atoms with Crippen LogP contribution >= 0.6 is 11.6 Å². The lowest BCUT2D eigenvalue weighted by Gasteiger charge is -2.22. The number of benzene rings is 1. The Hall–Kier alpha value is -1.23. The molecule has 0 atom stereocenters. The van der Waals surface area contributed by atoms with Gasteiger partial charge in [0.1, 0.15) is 6.54 Å². The summed E-state index contributed by atoms with van der Waals surface area (Å²) in [6.45, 7) is 0.192. The molecule has 0 aliphatic carbocycles. The van der Waals surface area contributed by atoms with Gasteiger partial charge in [-0.05, 0) is 19.1 Å². The number of rotatable bonds is 3. The number of alkyl halides is 3. The molecule has 17 heavy (non-hydrogen) atoms. The molecule has 1 aromatic rings. The monoisotopic (exact) mass is 265 g/mol. The summed E-state index contributed by atoms with van der Waals surface area (Å²) in [5.74, 6) is -0.713. The second-order valence-electron chi connectivity index (χ2n) is 3.41. The van der Waals surface area contributed by atoms with Gasteiger partial charge in [-0.15, -0.1) is 0 Å². The molecule has 0 aromatic heterocycles. The van der Waals surface area contributed by atoms with Crippen LogP contribution in [-0.4, -0.2) is 30.1 Å². The van der Waals surface area contributed by atoms with E-state index < -0.39 is 18.6 Å². The Labute approximate surface area is 102 Å². The van der Waals surface area contributed by atoms with Crippen LogP contribution in [0.4, 0.5) is 13.2 Å². The van der Waals surface area contributed by atoms with Gasteiger partial charge in [-0.25, -0.2) is 0 Å². The van der Waals surface area contributed by atoms with E-state index in [0.717, 1.165) is 0 Å². The number of carbonyl (C=O) groups excluding carboxylic acids is 1. The van der Waals surface area contributed by atoms with Crippen LogP contribution < -0.4 is 0 Å². The lowest BCUT2D eigenvalue weighted by molar-refractivity contribution is -0.140. The lowest BCUT2D eigenvalue weighted by Crippen LogP contribution is -2.38. The minimum Gasteiger partial charge on any atom is -0.330 e. The van der Waals surface area contributed by atoms with E-state index in [4.69, 9.17) is 11.6 Å². The fourth-order valence-corrected chi connectivity index (χ4v) is 1.57. The van der Waals surface area contributed by atoms with Crippen molar-refractivity contribution in [2.24, 2.45) is 0 Å². The van der Waals surface area contributed by atoms with Crippen LogP contribution in [0.15, 0.2) is 24.3 Å². The molecule has 0 aliphatic rings. The summed E-state index contributed by atoms with van der Waals surface area (Å²) in [5.41, 5.74) is 0.0836. The number of hydrogen-bond donors (Lipinski definition) is 0. The molecule has 0 heterocycles. The third kappa shape index (κ3) is 3.93. The van der Waals surface area contributed by atoms with Crippen LogP contribution in [0.1, 0.15) is 17.3 Å². The Bertz CT molecular complexity index is 406. The van der Waals surface area contributed by atoms with E-state index in [9.17, 15) is 18.0 Å². The molecular formula is C11H11ClF3NO. The molecule has 0 saturated heterocycles. The number of carbonyl (C=O) groups is 1. The summed E-state index contributed by atoms with van der Waals surface area (Å²) in [5, 5.41) is 0.151. The standard InChI is InChI=1S/C11H11ClF3NO/c1-2-16(7-11(13,14)15)10(17)8-5-3-4-6-9(8)12/h3-6H,2,7H2,1H3. The maximum absolute atomic E-state index is 12.2. The first-order valence-electron chi connectivity index (χ1n) is 4.95. The Morgan fingerprint density at radius 3 is 2.41 bits per heavy atom. The third-order valence-corrected chi connectivity index (χ3v) is 2.47. The maximum Gasteiger partial charge on any atom is 0.406 e. The first-order valence-corrected chi connectivity index (χ1v) is 5.33. The molecule has 0 aliphatic heterocycles. The van der Waals surface area contributed by atoms with Crippen LogP contribution in [0.5, 0.6) is 0 Å². The minimum absolute atomic E-state index is 0.0242. The summed E-state index contributed by atoms with van der Waals surface area (Å²) < 4.78 is 36.7. The van der Waals surface area contributed by atoms with E-state index in [2.05, 4.69) is 0 Å². The number of hydrogen-bond acceptors (Lipinski definition) is 1. The molecule has 0 bridgehead atoms. The van der Waals surface area contributed by atoms with Gasteiger partial charge in [0.2, 0.25) is 0 Å². The van der Waals surface area contributed by atoms with Crippen molar-refractivity contribution >= 4 is 17.5 Å². The van der Waals surface area contributed by atoms with Crippen LogP contribution in [-0.2, 0) is 0 Å². The molecule has 0 radical (unpaired) electrons. The van der Waals surface area contributed by atoms with Crippen LogP contribution in [0, 0.1) is 0 Å². The van der Waals surface area contributed by atoms with E-state index in [0.29, 0.717) is 4.90 Å². The molecule has 6 heteroatoms. The van der Waals surface area contributed by atoms with Crippen molar-refractivity contribution in [2.45, 2.75) is 13.1 Å². The number of halogens is 4. The Balaban J connectivity index is 2.91. The van der Waals surface area contributed by atoms with Crippen LogP contribution in [0.3, 0.4) is 0 Å². The minimum atomic E-state index is -4.41. The zero-order valence-corrected chi connectivity index (χ0v) is 9.85. The fraction of sp³-hybridized carbons (Fsp3) is 0.364. The topological polar surface area (TPSA) is 20.3 Å². The molecular weight excluding hydrogens is 255 g/mol. The number of amides is 1. The molecule has 94 valence electrons. The zero-order valence-electron chi connectivity index (χ0n) is 9.09. The van der Waals surface area contributed by atoms with Gasteiger partial charge in [-0.2, -0.15) is 13.2 Å². The van der Waals surface area contributed by atoms with Crippen LogP contribution in [0.25, 0.3) is 0 Å². The van der Waals surface area contributed by atoms with Gasteiger partial charge >= 0.3 is 6.18 Å². The molecule has 2 nitrogen and oxygen atoms in total. The second kappa shape index (κ2) is 5.40. The first kappa shape index (κ1) is 13.8. The van der Waals surface area contributed by atoms with Crippen molar-refractivity contribution in [3.63, 3.8) is 0 Å². The van der Waals surface area contributed by atoms with Gasteiger partial charge in [-0.1, -0.05) is 23.7 Å². The maximum atomic E-state index is 12.2.